The average molecular weight is 361 g/mol. The van der Waals surface area contributed by atoms with E-state index in [1.54, 1.807) is 19.2 Å². The zero-order valence-electron chi connectivity index (χ0n) is 11.5. The quantitative estimate of drug-likeness (QED) is 0.800. The predicted molar refractivity (Wildman–Crippen MR) is 85.5 cm³/mol. The zero-order chi connectivity index (χ0) is 14.5. The fraction of sp³-hybridized carbons (Fsp3) is 0.533. The molecule has 20 heavy (non-hydrogen) atoms. The summed E-state index contributed by atoms with van der Waals surface area (Å²) in [6.45, 7) is 0. The molecule has 0 radical (unpaired) electrons. The van der Waals surface area contributed by atoms with Crippen molar-refractivity contribution in [3.05, 3.63) is 21.6 Å². The Bertz CT molecular complexity index is 487. The Balaban J connectivity index is 1.96. The standard InChI is InChI=1S/C15H19BrClNO2/c1-20-15-12(16)8-11(17)9-13(15)18-14(19)7-6-10-4-2-3-5-10/h8-10H,2-7H2,1H3,(H,18,19). The van der Waals surface area contributed by atoms with Crippen molar-refractivity contribution in [1.29, 1.82) is 0 Å². The molecule has 1 aliphatic rings. The Morgan fingerprint density at radius 2 is 2.15 bits per heavy atom. The van der Waals surface area contributed by atoms with Gasteiger partial charge in [-0.1, -0.05) is 37.3 Å². The van der Waals surface area contributed by atoms with E-state index in [9.17, 15) is 4.79 Å². The summed E-state index contributed by atoms with van der Waals surface area (Å²) in [4.78, 5) is 12.0. The van der Waals surface area contributed by atoms with Crippen LogP contribution in [0.15, 0.2) is 16.6 Å². The van der Waals surface area contributed by atoms with E-state index in [0.717, 1.165) is 10.9 Å². The number of nitrogens with one attached hydrogen (secondary N) is 1. The van der Waals surface area contributed by atoms with Gasteiger partial charge in [-0.25, -0.2) is 0 Å². The van der Waals surface area contributed by atoms with Crippen molar-refractivity contribution in [3.8, 4) is 5.75 Å². The van der Waals surface area contributed by atoms with Crippen LogP contribution in [-0.2, 0) is 4.79 Å². The molecule has 1 aliphatic carbocycles. The summed E-state index contributed by atoms with van der Waals surface area (Å²) in [6.07, 6.45) is 6.66. The second-order valence-electron chi connectivity index (χ2n) is 5.21. The summed E-state index contributed by atoms with van der Waals surface area (Å²) in [5, 5.41) is 3.45. The number of hydrogen-bond donors (Lipinski definition) is 1. The first kappa shape index (κ1) is 15.6. The van der Waals surface area contributed by atoms with Gasteiger partial charge >= 0.3 is 0 Å². The Kier molecular flexibility index (Phi) is 5.73. The third-order valence-corrected chi connectivity index (χ3v) is 4.55. The van der Waals surface area contributed by atoms with Gasteiger partial charge in [0.2, 0.25) is 5.91 Å². The molecule has 5 heteroatoms. The Morgan fingerprint density at radius 1 is 1.45 bits per heavy atom. The highest BCUT2D eigenvalue weighted by Crippen LogP contribution is 2.36. The van der Waals surface area contributed by atoms with Crippen molar-refractivity contribution < 1.29 is 9.53 Å². The van der Waals surface area contributed by atoms with Crippen molar-refractivity contribution in [1.82, 2.24) is 0 Å². The SMILES string of the molecule is COc1c(Br)cc(Cl)cc1NC(=O)CCC1CCCC1. The third-order valence-electron chi connectivity index (χ3n) is 3.74. The maximum Gasteiger partial charge on any atom is 0.224 e. The number of carbonyl (C=O) groups is 1. The number of carbonyl (C=O) groups excluding carboxylic acids is 1. The van der Waals surface area contributed by atoms with Crippen LogP contribution in [0.5, 0.6) is 5.75 Å². The number of ether oxygens (including phenoxy) is 1. The van der Waals surface area contributed by atoms with Crippen molar-refractivity contribution in [2.24, 2.45) is 5.92 Å². The largest absolute Gasteiger partial charge is 0.493 e. The fourth-order valence-electron chi connectivity index (χ4n) is 2.71. The molecule has 0 bridgehead atoms. The van der Waals surface area contributed by atoms with Crippen LogP contribution in [-0.4, -0.2) is 13.0 Å². The number of benzene rings is 1. The molecule has 110 valence electrons. The highest BCUT2D eigenvalue weighted by molar-refractivity contribution is 9.10. The zero-order valence-corrected chi connectivity index (χ0v) is 13.9. The lowest BCUT2D eigenvalue weighted by molar-refractivity contribution is -0.116. The number of methoxy groups -OCH3 is 1. The molecule has 0 unspecified atom stereocenters. The summed E-state index contributed by atoms with van der Waals surface area (Å²) in [7, 11) is 1.57. The average Bonchev–Trinajstić information content (AvgIpc) is 2.89. The molecular weight excluding hydrogens is 342 g/mol. The summed E-state index contributed by atoms with van der Waals surface area (Å²) >= 11 is 9.39. The first-order valence-electron chi connectivity index (χ1n) is 6.93. The van der Waals surface area contributed by atoms with E-state index < -0.39 is 0 Å². The summed E-state index contributed by atoms with van der Waals surface area (Å²) in [6, 6.07) is 3.45. The molecule has 0 aliphatic heterocycles. The lowest BCUT2D eigenvalue weighted by Gasteiger charge is -2.13. The number of halogens is 2. The van der Waals surface area contributed by atoms with E-state index in [2.05, 4.69) is 21.2 Å². The van der Waals surface area contributed by atoms with Gasteiger partial charge in [-0.3, -0.25) is 4.79 Å². The lowest BCUT2D eigenvalue weighted by Crippen LogP contribution is -2.13. The van der Waals surface area contributed by atoms with E-state index in [-0.39, 0.29) is 5.91 Å². The molecule has 1 saturated carbocycles. The Hall–Kier alpha value is -0.740. The van der Waals surface area contributed by atoms with Gasteiger partial charge in [0.05, 0.1) is 17.3 Å². The second kappa shape index (κ2) is 7.32. The topological polar surface area (TPSA) is 38.3 Å². The Labute approximate surface area is 133 Å². The Morgan fingerprint density at radius 3 is 2.80 bits per heavy atom. The van der Waals surface area contributed by atoms with E-state index in [1.165, 1.54) is 25.7 Å². The van der Waals surface area contributed by atoms with Gasteiger partial charge in [-0.05, 0) is 40.4 Å². The number of anilines is 1. The molecule has 0 heterocycles. The third kappa shape index (κ3) is 4.13. The van der Waals surface area contributed by atoms with Crippen LogP contribution in [0.1, 0.15) is 38.5 Å². The number of rotatable bonds is 5. The van der Waals surface area contributed by atoms with Crippen LogP contribution in [0.3, 0.4) is 0 Å². The molecule has 3 nitrogen and oxygen atoms in total. The first-order valence-corrected chi connectivity index (χ1v) is 8.10. The van der Waals surface area contributed by atoms with Crippen LogP contribution in [0.2, 0.25) is 5.02 Å². The lowest BCUT2D eigenvalue weighted by atomic mass is 10.0. The minimum atomic E-state index is 0.0179. The first-order chi connectivity index (χ1) is 9.60. The molecular formula is C15H19BrClNO2. The minimum absolute atomic E-state index is 0.0179. The molecule has 2 rings (SSSR count). The van der Waals surface area contributed by atoms with Crippen molar-refractivity contribution in [2.45, 2.75) is 38.5 Å². The maximum absolute atomic E-state index is 12.0. The van der Waals surface area contributed by atoms with Gasteiger partial charge in [-0.15, -0.1) is 0 Å². The molecule has 1 N–H and O–H groups in total. The molecule has 1 fully saturated rings. The molecule has 1 aromatic rings. The molecule has 0 spiro atoms. The molecule has 0 aromatic heterocycles. The van der Waals surface area contributed by atoms with Crippen LogP contribution in [0.25, 0.3) is 0 Å². The van der Waals surface area contributed by atoms with Gasteiger partial charge in [0.25, 0.3) is 0 Å². The van der Waals surface area contributed by atoms with Gasteiger partial charge < -0.3 is 10.1 Å². The van der Waals surface area contributed by atoms with E-state index in [4.69, 9.17) is 16.3 Å². The predicted octanol–water partition coefficient (Wildman–Crippen LogP) is 5.02. The number of hydrogen-bond acceptors (Lipinski definition) is 2. The normalized spacial score (nSPS) is 15.3. The minimum Gasteiger partial charge on any atom is -0.493 e. The maximum atomic E-state index is 12.0. The van der Waals surface area contributed by atoms with Gasteiger partial charge in [-0.2, -0.15) is 0 Å². The van der Waals surface area contributed by atoms with Crippen LogP contribution in [0, 0.1) is 5.92 Å². The van der Waals surface area contributed by atoms with Crippen LogP contribution in [0.4, 0.5) is 5.69 Å². The van der Waals surface area contributed by atoms with Crippen molar-refractivity contribution in [2.75, 3.05) is 12.4 Å². The molecule has 1 amide bonds. The fourth-order valence-corrected chi connectivity index (χ4v) is 3.68. The van der Waals surface area contributed by atoms with Gasteiger partial charge in [0.15, 0.2) is 5.75 Å². The van der Waals surface area contributed by atoms with Crippen LogP contribution < -0.4 is 10.1 Å². The molecule has 1 aromatic carbocycles. The van der Waals surface area contributed by atoms with E-state index >= 15 is 0 Å². The molecule has 0 saturated heterocycles. The van der Waals surface area contributed by atoms with Gasteiger partial charge in [0, 0.05) is 11.4 Å². The summed E-state index contributed by atoms with van der Waals surface area (Å²) in [5.74, 6) is 1.33. The van der Waals surface area contributed by atoms with Crippen molar-refractivity contribution in [3.63, 3.8) is 0 Å². The highest BCUT2D eigenvalue weighted by Gasteiger charge is 2.17. The smallest absolute Gasteiger partial charge is 0.224 e. The van der Waals surface area contributed by atoms with Crippen LogP contribution >= 0.6 is 27.5 Å². The summed E-state index contributed by atoms with van der Waals surface area (Å²) in [5.41, 5.74) is 0.614. The summed E-state index contributed by atoms with van der Waals surface area (Å²) < 4.78 is 6.02. The monoisotopic (exact) mass is 359 g/mol. The van der Waals surface area contributed by atoms with Gasteiger partial charge in [0.1, 0.15) is 0 Å². The van der Waals surface area contributed by atoms with Crippen molar-refractivity contribution >= 4 is 39.1 Å². The number of amides is 1. The molecule has 0 atom stereocenters. The van der Waals surface area contributed by atoms with E-state index in [0.29, 0.717) is 28.8 Å². The van der Waals surface area contributed by atoms with E-state index in [1.807, 2.05) is 0 Å². The highest BCUT2D eigenvalue weighted by atomic mass is 79.9. The second-order valence-corrected chi connectivity index (χ2v) is 6.50.